The molecule has 0 bridgehead atoms. The molecule has 0 saturated carbocycles. The standard InChI is InChI=1S/C15H10Br2ClN3O/c16-12-13(17)21-14(20-12)15(22,11-3-1-2-8-19-11)9-4-6-10(18)7-5-9/h1-8,22H,(H,20,21). The summed E-state index contributed by atoms with van der Waals surface area (Å²) in [6.45, 7) is 0. The number of aromatic amines is 1. The molecule has 2 heterocycles. The maximum Gasteiger partial charge on any atom is 0.190 e. The van der Waals surface area contributed by atoms with Gasteiger partial charge in [-0.05, 0) is 61.7 Å². The van der Waals surface area contributed by atoms with Crippen molar-refractivity contribution in [3.05, 3.63) is 80.0 Å². The summed E-state index contributed by atoms with van der Waals surface area (Å²) in [7, 11) is 0. The van der Waals surface area contributed by atoms with Crippen LogP contribution in [0.15, 0.2) is 57.9 Å². The van der Waals surface area contributed by atoms with Crippen LogP contribution in [0.5, 0.6) is 0 Å². The lowest BCUT2D eigenvalue weighted by atomic mass is 9.89. The van der Waals surface area contributed by atoms with E-state index in [1.165, 1.54) is 0 Å². The highest BCUT2D eigenvalue weighted by Crippen LogP contribution is 2.36. The first-order valence-electron chi connectivity index (χ1n) is 6.33. The molecule has 0 aliphatic rings. The molecule has 0 amide bonds. The molecular weight excluding hydrogens is 433 g/mol. The van der Waals surface area contributed by atoms with Crippen LogP contribution in [-0.4, -0.2) is 20.1 Å². The number of halogens is 3. The van der Waals surface area contributed by atoms with Gasteiger partial charge in [0.25, 0.3) is 0 Å². The predicted molar refractivity (Wildman–Crippen MR) is 91.8 cm³/mol. The van der Waals surface area contributed by atoms with Gasteiger partial charge >= 0.3 is 0 Å². The number of benzene rings is 1. The van der Waals surface area contributed by atoms with Crippen molar-refractivity contribution in [3.8, 4) is 0 Å². The Labute approximate surface area is 148 Å². The van der Waals surface area contributed by atoms with Crippen LogP contribution in [0.2, 0.25) is 5.02 Å². The fourth-order valence-electron chi connectivity index (χ4n) is 2.18. The molecule has 0 spiro atoms. The van der Waals surface area contributed by atoms with E-state index in [-0.39, 0.29) is 0 Å². The zero-order chi connectivity index (χ0) is 15.7. The van der Waals surface area contributed by atoms with Gasteiger partial charge in [-0.3, -0.25) is 4.98 Å². The Morgan fingerprint density at radius 3 is 2.36 bits per heavy atom. The van der Waals surface area contributed by atoms with Crippen molar-refractivity contribution in [2.24, 2.45) is 0 Å². The summed E-state index contributed by atoms with van der Waals surface area (Å²) >= 11 is 12.6. The first-order chi connectivity index (χ1) is 10.5. The summed E-state index contributed by atoms with van der Waals surface area (Å²) in [4.78, 5) is 11.7. The van der Waals surface area contributed by atoms with E-state index in [1.807, 2.05) is 6.07 Å². The second-order valence-corrected chi connectivity index (χ2v) is 6.60. The monoisotopic (exact) mass is 441 g/mol. The van der Waals surface area contributed by atoms with Gasteiger partial charge in [-0.25, -0.2) is 4.98 Å². The zero-order valence-corrected chi connectivity index (χ0v) is 15.0. The molecule has 0 saturated heterocycles. The van der Waals surface area contributed by atoms with E-state index in [0.29, 0.717) is 31.3 Å². The predicted octanol–water partition coefficient (Wildman–Crippen LogP) is 4.27. The molecule has 2 N–H and O–H groups in total. The topological polar surface area (TPSA) is 61.8 Å². The number of nitrogens with zero attached hydrogens (tertiary/aromatic N) is 2. The number of aliphatic hydroxyl groups is 1. The van der Waals surface area contributed by atoms with Crippen LogP contribution in [0.4, 0.5) is 0 Å². The van der Waals surface area contributed by atoms with Crippen molar-refractivity contribution >= 4 is 43.5 Å². The maximum atomic E-state index is 11.4. The molecule has 0 aliphatic carbocycles. The van der Waals surface area contributed by atoms with E-state index in [1.54, 1.807) is 42.6 Å². The summed E-state index contributed by atoms with van der Waals surface area (Å²) in [6.07, 6.45) is 1.63. The SMILES string of the molecule is OC(c1ccc(Cl)cc1)(c1ccccn1)c1nc(Br)c(Br)[nH]1. The van der Waals surface area contributed by atoms with Crippen LogP contribution in [0.25, 0.3) is 0 Å². The van der Waals surface area contributed by atoms with Gasteiger partial charge in [-0.2, -0.15) is 0 Å². The van der Waals surface area contributed by atoms with Crippen molar-refractivity contribution < 1.29 is 5.11 Å². The Hall–Kier alpha value is -1.21. The minimum Gasteiger partial charge on any atom is -0.372 e. The molecular formula is C15H10Br2ClN3O. The quantitative estimate of drug-likeness (QED) is 0.636. The van der Waals surface area contributed by atoms with Crippen LogP contribution in [0.3, 0.4) is 0 Å². The highest BCUT2D eigenvalue weighted by atomic mass is 79.9. The van der Waals surface area contributed by atoms with Gasteiger partial charge in [0.05, 0.1) is 5.69 Å². The third-order valence-electron chi connectivity index (χ3n) is 3.26. The number of H-pyrrole nitrogens is 1. The number of imidazole rings is 1. The second-order valence-electron chi connectivity index (χ2n) is 4.62. The van der Waals surface area contributed by atoms with Crippen LogP contribution < -0.4 is 0 Å². The fourth-order valence-corrected chi connectivity index (χ4v) is 2.85. The second kappa shape index (κ2) is 6.12. The first-order valence-corrected chi connectivity index (χ1v) is 8.29. The highest BCUT2D eigenvalue weighted by Gasteiger charge is 2.38. The Kier molecular flexibility index (Phi) is 4.36. The van der Waals surface area contributed by atoms with Gasteiger partial charge < -0.3 is 10.1 Å². The number of hydrogen-bond donors (Lipinski definition) is 2. The van der Waals surface area contributed by atoms with Gasteiger partial charge in [-0.1, -0.05) is 29.8 Å². The average Bonchev–Trinajstić information content (AvgIpc) is 2.88. The maximum absolute atomic E-state index is 11.4. The van der Waals surface area contributed by atoms with E-state index in [4.69, 9.17) is 11.6 Å². The molecule has 2 aromatic heterocycles. The van der Waals surface area contributed by atoms with Crippen LogP contribution in [-0.2, 0) is 5.60 Å². The molecule has 3 aromatic rings. The van der Waals surface area contributed by atoms with E-state index in [9.17, 15) is 5.11 Å². The smallest absolute Gasteiger partial charge is 0.190 e. The number of pyridine rings is 1. The Morgan fingerprint density at radius 2 is 1.82 bits per heavy atom. The third-order valence-corrected chi connectivity index (χ3v) is 5.19. The Balaban J connectivity index is 2.24. The molecule has 1 unspecified atom stereocenters. The lowest BCUT2D eigenvalue weighted by Gasteiger charge is -2.26. The summed E-state index contributed by atoms with van der Waals surface area (Å²) in [5.74, 6) is 0.354. The van der Waals surface area contributed by atoms with Crippen molar-refractivity contribution in [2.75, 3.05) is 0 Å². The molecule has 0 radical (unpaired) electrons. The fraction of sp³-hybridized carbons (Fsp3) is 0.0667. The molecule has 1 atom stereocenters. The molecule has 3 rings (SSSR count). The zero-order valence-electron chi connectivity index (χ0n) is 11.1. The van der Waals surface area contributed by atoms with E-state index in [0.717, 1.165) is 0 Å². The van der Waals surface area contributed by atoms with Crippen LogP contribution >= 0.6 is 43.5 Å². The lowest BCUT2D eigenvalue weighted by Crippen LogP contribution is -2.31. The van der Waals surface area contributed by atoms with Crippen LogP contribution in [0, 0.1) is 0 Å². The largest absolute Gasteiger partial charge is 0.372 e. The number of nitrogens with one attached hydrogen (secondary N) is 1. The van der Waals surface area contributed by atoms with Crippen LogP contribution in [0.1, 0.15) is 17.1 Å². The molecule has 0 aliphatic heterocycles. The minimum absolute atomic E-state index is 0.354. The highest BCUT2D eigenvalue weighted by molar-refractivity contribution is 9.13. The molecule has 7 heteroatoms. The van der Waals surface area contributed by atoms with E-state index >= 15 is 0 Å². The van der Waals surface area contributed by atoms with E-state index in [2.05, 4.69) is 46.8 Å². The molecule has 112 valence electrons. The van der Waals surface area contributed by atoms with Crippen molar-refractivity contribution in [1.82, 2.24) is 15.0 Å². The van der Waals surface area contributed by atoms with Crippen molar-refractivity contribution in [3.63, 3.8) is 0 Å². The number of aromatic nitrogens is 3. The molecule has 0 fully saturated rings. The van der Waals surface area contributed by atoms with Gasteiger partial charge in [0.15, 0.2) is 11.4 Å². The minimum atomic E-state index is -1.51. The number of rotatable bonds is 3. The summed E-state index contributed by atoms with van der Waals surface area (Å²) in [6, 6.07) is 12.3. The Bertz CT molecular complexity index is 773. The van der Waals surface area contributed by atoms with Gasteiger partial charge in [0.2, 0.25) is 0 Å². The van der Waals surface area contributed by atoms with Crippen molar-refractivity contribution in [1.29, 1.82) is 0 Å². The lowest BCUT2D eigenvalue weighted by molar-refractivity contribution is 0.111. The van der Waals surface area contributed by atoms with E-state index < -0.39 is 5.60 Å². The summed E-state index contributed by atoms with van der Waals surface area (Å²) in [5, 5.41) is 12.0. The van der Waals surface area contributed by atoms with Crippen molar-refractivity contribution in [2.45, 2.75) is 5.60 Å². The molecule has 4 nitrogen and oxygen atoms in total. The summed E-state index contributed by atoms with van der Waals surface area (Å²) < 4.78 is 1.22. The Morgan fingerprint density at radius 1 is 1.09 bits per heavy atom. The number of hydrogen-bond acceptors (Lipinski definition) is 3. The molecule has 1 aromatic carbocycles. The summed E-state index contributed by atoms with van der Waals surface area (Å²) in [5.41, 5.74) is -0.434. The normalized spacial score (nSPS) is 13.8. The van der Waals surface area contributed by atoms with Gasteiger partial charge in [0, 0.05) is 11.2 Å². The third kappa shape index (κ3) is 2.72. The first kappa shape index (κ1) is 15.7. The molecule has 22 heavy (non-hydrogen) atoms. The average molecular weight is 444 g/mol. The van der Waals surface area contributed by atoms with Gasteiger partial charge in [-0.15, -0.1) is 0 Å². The van der Waals surface area contributed by atoms with Gasteiger partial charge in [0.1, 0.15) is 9.21 Å².